The van der Waals surface area contributed by atoms with Crippen molar-refractivity contribution in [2.75, 3.05) is 11.0 Å². The Bertz CT molecular complexity index is 917. The van der Waals surface area contributed by atoms with Gasteiger partial charge in [0.2, 0.25) is 0 Å². The van der Waals surface area contributed by atoms with Crippen LogP contribution in [0.4, 0.5) is 5.69 Å². The average Bonchev–Trinajstić information content (AvgIpc) is 2.46. The second kappa shape index (κ2) is 6.33. The van der Waals surface area contributed by atoms with E-state index >= 15 is 0 Å². The fourth-order valence-electron chi connectivity index (χ4n) is 2.15. The fraction of sp³-hybridized carbons (Fsp3) is 0.250. The molecule has 0 spiro atoms. The zero-order valence-electron chi connectivity index (χ0n) is 13.1. The van der Waals surface area contributed by atoms with Crippen LogP contribution < -0.4 is 4.72 Å². The Morgan fingerprint density at radius 2 is 1.48 bits per heavy atom. The smallest absolute Gasteiger partial charge is 0.263 e. The molecule has 2 aromatic rings. The zero-order chi connectivity index (χ0) is 17.3. The number of hydrogen-bond acceptors (Lipinski definition) is 4. The van der Waals surface area contributed by atoms with Crippen LogP contribution in [0.3, 0.4) is 0 Å². The van der Waals surface area contributed by atoms with Gasteiger partial charge in [-0.15, -0.1) is 0 Å². The van der Waals surface area contributed by atoms with Crippen molar-refractivity contribution < 1.29 is 16.8 Å². The van der Waals surface area contributed by atoms with Crippen LogP contribution in [0.5, 0.6) is 0 Å². The molecule has 0 aliphatic rings. The third-order valence-electron chi connectivity index (χ3n) is 3.34. The molecule has 0 aromatic heterocycles. The third-order valence-corrected chi connectivity index (χ3v) is 6.07. The molecule has 7 heteroatoms. The quantitative estimate of drug-likeness (QED) is 0.896. The maximum absolute atomic E-state index is 12.6. The summed E-state index contributed by atoms with van der Waals surface area (Å²) < 4.78 is 51.2. The molecule has 0 aliphatic carbocycles. The summed E-state index contributed by atoms with van der Waals surface area (Å²) in [4.78, 5) is -0.468. The number of sulfonamides is 1. The Balaban J connectivity index is 2.47. The highest BCUT2D eigenvalue weighted by Gasteiger charge is 2.23. The Kier molecular flexibility index (Phi) is 4.81. The number of nitrogens with one attached hydrogen (secondary N) is 1. The Morgan fingerprint density at radius 1 is 0.870 bits per heavy atom. The number of rotatable bonds is 5. The zero-order valence-corrected chi connectivity index (χ0v) is 14.8. The van der Waals surface area contributed by atoms with Crippen molar-refractivity contribution >= 4 is 25.5 Å². The van der Waals surface area contributed by atoms with Crippen molar-refractivity contribution in [1.29, 1.82) is 0 Å². The molecule has 0 amide bonds. The summed E-state index contributed by atoms with van der Waals surface area (Å²) in [6.07, 6.45) is 0.987. The molecule has 2 rings (SSSR count). The summed E-state index contributed by atoms with van der Waals surface area (Å²) in [5, 5.41) is 0. The highest BCUT2D eigenvalue weighted by atomic mass is 32.2. The Hall–Kier alpha value is -1.86. The first-order valence-electron chi connectivity index (χ1n) is 7.03. The Morgan fingerprint density at radius 3 is 2.04 bits per heavy atom. The first-order chi connectivity index (χ1) is 10.6. The minimum atomic E-state index is -4.00. The van der Waals surface area contributed by atoms with Crippen molar-refractivity contribution in [2.24, 2.45) is 0 Å². The van der Waals surface area contributed by atoms with Crippen LogP contribution in [0.15, 0.2) is 58.3 Å². The lowest BCUT2D eigenvalue weighted by Crippen LogP contribution is -2.16. The van der Waals surface area contributed by atoms with E-state index in [1.807, 2.05) is 19.9 Å². The van der Waals surface area contributed by atoms with Crippen molar-refractivity contribution in [3.05, 3.63) is 54.1 Å². The van der Waals surface area contributed by atoms with Gasteiger partial charge in [0.1, 0.15) is 4.90 Å². The van der Waals surface area contributed by atoms with Crippen LogP contribution in [-0.4, -0.2) is 23.1 Å². The SMILES string of the molecule is CC(C)c1cccc(NS(=O)(=O)c2ccccc2S(C)(=O)=O)c1. The fourth-order valence-corrected chi connectivity index (χ4v) is 4.83. The van der Waals surface area contributed by atoms with Crippen LogP contribution >= 0.6 is 0 Å². The number of hydrogen-bond donors (Lipinski definition) is 1. The number of sulfone groups is 1. The van der Waals surface area contributed by atoms with Gasteiger partial charge in [-0.05, 0) is 35.7 Å². The predicted molar refractivity (Wildman–Crippen MR) is 90.9 cm³/mol. The average molecular weight is 353 g/mol. The van der Waals surface area contributed by atoms with E-state index in [2.05, 4.69) is 4.72 Å². The van der Waals surface area contributed by atoms with E-state index in [9.17, 15) is 16.8 Å². The molecule has 124 valence electrons. The summed E-state index contributed by atoms with van der Waals surface area (Å²) >= 11 is 0. The largest absolute Gasteiger partial charge is 0.280 e. The van der Waals surface area contributed by atoms with E-state index < -0.39 is 19.9 Å². The summed E-state index contributed by atoms with van der Waals surface area (Å²) in [5.74, 6) is 0.253. The molecule has 0 atom stereocenters. The Labute approximate surface area is 137 Å². The monoisotopic (exact) mass is 353 g/mol. The van der Waals surface area contributed by atoms with Crippen molar-refractivity contribution in [2.45, 2.75) is 29.6 Å². The molecule has 1 N–H and O–H groups in total. The molecule has 0 saturated carbocycles. The van der Waals surface area contributed by atoms with Crippen molar-refractivity contribution in [1.82, 2.24) is 0 Å². The van der Waals surface area contributed by atoms with Crippen molar-refractivity contribution in [3.63, 3.8) is 0 Å². The minimum absolute atomic E-state index is 0.215. The van der Waals surface area contributed by atoms with Gasteiger partial charge in [-0.25, -0.2) is 16.8 Å². The van der Waals surface area contributed by atoms with Gasteiger partial charge in [0, 0.05) is 11.9 Å². The van der Waals surface area contributed by atoms with Crippen LogP contribution in [0.1, 0.15) is 25.3 Å². The summed E-state index contributed by atoms with van der Waals surface area (Å²) in [7, 11) is -7.65. The van der Waals surface area contributed by atoms with E-state index in [0.717, 1.165) is 11.8 Å². The second-order valence-electron chi connectivity index (χ2n) is 5.60. The first kappa shape index (κ1) is 17.5. The normalized spacial score (nSPS) is 12.3. The van der Waals surface area contributed by atoms with Gasteiger partial charge in [-0.3, -0.25) is 4.72 Å². The molecule has 23 heavy (non-hydrogen) atoms. The van der Waals surface area contributed by atoms with Gasteiger partial charge >= 0.3 is 0 Å². The molecule has 0 radical (unpaired) electrons. The molecule has 5 nitrogen and oxygen atoms in total. The molecule has 0 saturated heterocycles. The molecule has 0 unspecified atom stereocenters. The van der Waals surface area contributed by atoms with Crippen LogP contribution in [0.25, 0.3) is 0 Å². The lowest BCUT2D eigenvalue weighted by atomic mass is 10.0. The lowest BCUT2D eigenvalue weighted by molar-refractivity contribution is 0.588. The third kappa shape index (κ3) is 4.11. The summed E-state index contributed by atoms with van der Waals surface area (Å²) in [6, 6.07) is 12.6. The molecular weight excluding hydrogens is 334 g/mol. The first-order valence-corrected chi connectivity index (χ1v) is 10.4. The van der Waals surface area contributed by atoms with Gasteiger partial charge in [-0.2, -0.15) is 0 Å². The number of anilines is 1. The highest BCUT2D eigenvalue weighted by Crippen LogP contribution is 2.25. The van der Waals surface area contributed by atoms with E-state index in [-0.39, 0.29) is 15.7 Å². The van der Waals surface area contributed by atoms with Gasteiger partial charge < -0.3 is 0 Å². The second-order valence-corrected chi connectivity index (χ2v) is 9.24. The molecule has 0 heterocycles. The lowest BCUT2D eigenvalue weighted by Gasteiger charge is -2.13. The van der Waals surface area contributed by atoms with Gasteiger partial charge in [-0.1, -0.05) is 38.1 Å². The van der Waals surface area contributed by atoms with Crippen LogP contribution in [0, 0.1) is 0 Å². The van der Waals surface area contributed by atoms with Gasteiger partial charge in [0.25, 0.3) is 10.0 Å². The summed E-state index contributed by atoms with van der Waals surface area (Å²) in [6.45, 7) is 4.01. The van der Waals surface area contributed by atoms with Crippen molar-refractivity contribution in [3.8, 4) is 0 Å². The van der Waals surface area contributed by atoms with E-state index in [4.69, 9.17) is 0 Å². The summed E-state index contributed by atoms with van der Waals surface area (Å²) in [5.41, 5.74) is 1.39. The standard InChI is InChI=1S/C16H19NO4S2/c1-12(2)13-7-6-8-14(11-13)17-23(20,21)16-10-5-4-9-15(16)22(3,18)19/h4-12,17H,1-3H3. The van der Waals surface area contributed by atoms with Crippen LogP contribution in [-0.2, 0) is 19.9 Å². The van der Waals surface area contributed by atoms with E-state index in [0.29, 0.717) is 5.69 Å². The molecule has 0 fully saturated rings. The molecule has 2 aromatic carbocycles. The maximum Gasteiger partial charge on any atom is 0.263 e. The highest BCUT2D eigenvalue weighted by molar-refractivity contribution is 7.95. The van der Waals surface area contributed by atoms with Crippen LogP contribution in [0.2, 0.25) is 0 Å². The van der Waals surface area contributed by atoms with Gasteiger partial charge in [0.15, 0.2) is 9.84 Å². The molecular formula is C16H19NO4S2. The van der Waals surface area contributed by atoms with E-state index in [1.54, 1.807) is 18.2 Å². The van der Waals surface area contributed by atoms with Gasteiger partial charge in [0.05, 0.1) is 4.90 Å². The molecule has 0 bridgehead atoms. The predicted octanol–water partition coefficient (Wildman–Crippen LogP) is 3.01. The minimum Gasteiger partial charge on any atom is -0.280 e. The maximum atomic E-state index is 12.6. The molecule has 0 aliphatic heterocycles. The topological polar surface area (TPSA) is 80.3 Å². The van der Waals surface area contributed by atoms with E-state index in [1.165, 1.54) is 24.3 Å². The number of benzene rings is 2.